The van der Waals surface area contributed by atoms with Crippen molar-refractivity contribution in [1.82, 2.24) is 0 Å². The molecule has 0 aromatic carbocycles. The molecule has 0 aromatic heterocycles. The number of allylic oxidation sites excluding steroid dienone is 2. The van der Waals surface area contributed by atoms with Gasteiger partial charge in [-0.2, -0.15) is 0 Å². The Labute approximate surface area is 206 Å². The molecule has 0 atom stereocenters. The van der Waals surface area contributed by atoms with Gasteiger partial charge in [-0.15, -0.1) is 0 Å². The summed E-state index contributed by atoms with van der Waals surface area (Å²) in [6, 6.07) is 0. The zero-order valence-electron chi connectivity index (χ0n) is 17.4. The summed E-state index contributed by atoms with van der Waals surface area (Å²) in [5.74, 6) is -0.664. The second-order valence-electron chi connectivity index (χ2n) is 5.73. The van der Waals surface area contributed by atoms with Crippen molar-refractivity contribution in [3.8, 4) is 0 Å². The van der Waals surface area contributed by atoms with Crippen LogP contribution < -0.4 is 80.9 Å². The summed E-state index contributed by atoms with van der Waals surface area (Å²) in [7, 11) is 0. The van der Waals surface area contributed by atoms with Crippen LogP contribution in [0.3, 0.4) is 0 Å². The fraction of sp³-hybridized carbons (Fsp3) is 0.833. The standard InChI is InChI=1S/C18H34O2.K.Na.2H/c1-2-3-4-5-6-7-8-9-10-11-12-13-14-15-16-17-18(19)20;;;;/h9-10H,2-8,11-17H2,1H3,(H,19,20);;;;/q;2*+1;2*-1/b10-9-;;;;. The van der Waals surface area contributed by atoms with E-state index in [4.69, 9.17) is 5.11 Å². The first-order chi connectivity index (χ1) is 9.77. The van der Waals surface area contributed by atoms with E-state index >= 15 is 0 Å². The Morgan fingerprint density at radius 3 is 1.68 bits per heavy atom. The maximum Gasteiger partial charge on any atom is 1.00 e. The number of rotatable bonds is 15. The van der Waals surface area contributed by atoms with Gasteiger partial charge in [0.2, 0.25) is 0 Å². The number of carbonyl (C=O) groups is 1. The zero-order chi connectivity index (χ0) is 14.9. The molecule has 0 rings (SSSR count). The first-order valence-electron chi connectivity index (χ1n) is 8.64. The Morgan fingerprint density at radius 1 is 0.818 bits per heavy atom. The number of carboxylic acids is 1. The van der Waals surface area contributed by atoms with Crippen LogP contribution in [0.2, 0.25) is 0 Å². The molecule has 0 heterocycles. The van der Waals surface area contributed by atoms with Gasteiger partial charge in [-0.25, -0.2) is 0 Å². The molecule has 2 nitrogen and oxygen atoms in total. The van der Waals surface area contributed by atoms with Crippen molar-refractivity contribution in [2.45, 2.75) is 96.8 Å². The Morgan fingerprint density at radius 2 is 1.23 bits per heavy atom. The number of hydrogen-bond acceptors (Lipinski definition) is 1. The van der Waals surface area contributed by atoms with Crippen molar-refractivity contribution in [3.63, 3.8) is 0 Å². The zero-order valence-corrected chi connectivity index (χ0v) is 20.5. The van der Waals surface area contributed by atoms with Crippen LogP contribution in [0.15, 0.2) is 12.2 Å². The number of aliphatic carboxylic acids is 1. The predicted octanol–water partition coefficient (Wildman–Crippen LogP) is 0.342. The number of unbranched alkanes of at least 4 members (excludes halogenated alkanes) is 11. The number of carboxylic acid groups (broad SMARTS) is 1. The molecular formula is C18H36KNaO2. The van der Waals surface area contributed by atoms with Gasteiger partial charge in [-0.05, 0) is 32.1 Å². The van der Waals surface area contributed by atoms with Crippen molar-refractivity contribution in [2.24, 2.45) is 0 Å². The molecular weight excluding hydrogens is 310 g/mol. The van der Waals surface area contributed by atoms with Crippen LogP contribution in [-0.2, 0) is 4.79 Å². The second kappa shape index (κ2) is 25.1. The van der Waals surface area contributed by atoms with E-state index < -0.39 is 5.97 Å². The second-order valence-corrected chi connectivity index (χ2v) is 5.73. The van der Waals surface area contributed by atoms with E-state index in [9.17, 15) is 4.79 Å². The Kier molecular flexibility index (Phi) is 32.7. The van der Waals surface area contributed by atoms with Crippen molar-refractivity contribution < 1.29 is 93.7 Å². The minimum absolute atomic E-state index is 0. The molecule has 0 spiro atoms. The van der Waals surface area contributed by atoms with Crippen LogP contribution in [0.25, 0.3) is 0 Å². The molecule has 0 aliphatic carbocycles. The summed E-state index contributed by atoms with van der Waals surface area (Å²) >= 11 is 0. The topological polar surface area (TPSA) is 37.3 Å². The Bertz CT molecular complexity index is 255. The molecule has 0 aliphatic rings. The fourth-order valence-corrected chi connectivity index (χ4v) is 2.35. The van der Waals surface area contributed by atoms with Crippen molar-refractivity contribution in [2.75, 3.05) is 0 Å². The summed E-state index contributed by atoms with van der Waals surface area (Å²) in [6.07, 6.45) is 21.2. The number of hydrogen-bond donors (Lipinski definition) is 1. The van der Waals surface area contributed by atoms with Gasteiger partial charge in [0.05, 0.1) is 0 Å². The molecule has 0 radical (unpaired) electrons. The van der Waals surface area contributed by atoms with Gasteiger partial charge in [0.25, 0.3) is 0 Å². The van der Waals surface area contributed by atoms with Crippen LogP contribution >= 0.6 is 0 Å². The molecule has 0 fully saturated rings. The van der Waals surface area contributed by atoms with Gasteiger partial charge < -0.3 is 7.96 Å². The third kappa shape index (κ3) is 26.7. The largest absolute Gasteiger partial charge is 1.00 e. The van der Waals surface area contributed by atoms with Crippen LogP contribution in [0.1, 0.15) is 99.7 Å². The molecule has 0 unspecified atom stereocenters. The molecule has 1 N–H and O–H groups in total. The van der Waals surface area contributed by atoms with E-state index in [1.807, 2.05) is 0 Å². The van der Waals surface area contributed by atoms with E-state index in [0.717, 1.165) is 12.8 Å². The first-order valence-corrected chi connectivity index (χ1v) is 8.64. The van der Waals surface area contributed by atoms with Crippen LogP contribution in [0.5, 0.6) is 0 Å². The minimum Gasteiger partial charge on any atom is -1.00 e. The molecule has 4 heteroatoms. The maximum atomic E-state index is 10.3. The van der Waals surface area contributed by atoms with Crippen molar-refractivity contribution in [1.29, 1.82) is 0 Å². The van der Waals surface area contributed by atoms with E-state index in [2.05, 4.69) is 19.1 Å². The quantitative estimate of drug-likeness (QED) is 0.264. The summed E-state index contributed by atoms with van der Waals surface area (Å²) < 4.78 is 0. The molecule has 0 bridgehead atoms. The van der Waals surface area contributed by atoms with E-state index in [1.54, 1.807) is 0 Å². The van der Waals surface area contributed by atoms with Gasteiger partial charge in [0, 0.05) is 6.42 Å². The maximum absolute atomic E-state index is 10.3. The van der Waals surface area contributed by atoms with Crippen LogP contribution in [0, 0.1) is 0 Å². The van der Waals surface area contributed by atoms with Crippen LogP contribution in [-0.4, -0.2) is 11.1 Å². The summed E-state index contributed by atoms with van der Waals surface area (Å²) in [6.45, 7) is 2.26. The van der Waals surface area contributed by atoms with E-state index in [1.165, 1.54) is 70.6 Å². The predicted molar refractivity (Wildman–Crippen MR) is 89.3 cm³/mol. The van der Waals surface area contributed by atoms with Gasteiger partial charge in [-0.3, -0.25) is 4.79 Å². The van der Waals surface area contributed by atoms with Gasteiger partial charge in [0.15, 0.2) is 0 Å². The summed E-state index contributed by atoms with van der Waals surface area (Å²) in [4.78, 5) is 10.3. The minimum atomic E-state index is -0.664. The van der Waals surface area contributed by atoms with E-state index in [0.29, 0.717) is 6.42 Å². The normalized spacial score (nSPS) is 10.2. The molecule has 0 aromatic rings. The Hall–Kier alpha value is 1.85. The van der Waals surface area contributed by atoms with Gasteiger partial charge >= 0.3 is 86.9 Å². The first kappa shape index (κ1) is 28.6. The molecule has 122 valence electrons. The van der Waals surface area contributed by atoms with Gasteiger partial charge in [-0.1, -0.05) is 70.4 Å². The smallest absolute Gasteiger partial charge is 1.00 e. The van der Waals surface area contributed by atoms with E-state index in [-0.39, 0.29) is 83.8 Å². The molecule has 0 saturated heterocycles. The summed E-state index contributed by atoms with van der Waals surface area (Å²) in [5, 5.41) is 8.51. The molecule has 22 heavy (non-hydrogen) atoms. The van der Waals surface area contributed by atoms with Gasteiger partial charge in [0.1, 0.15) is 0 Å². The fourth-order valence-electron chi connectivity index (χ4n) is 2.35. The monoisotopic (exact) mass is 346 g/mol. The molecule has 0 saturated carbocycles. The SMILES string of the molecule is CCCCCCCC/C=C\CCCCCCCC(=O)O.[H-].[H-].[K+].[Na+]. The summed E-state index contributed by atoms with van der Waals surface area (Å²) in [5.41, 5.74) is 0. The third-order valence-electron chi connectivity index (χ3n) is 3.65. The molecule has 0 aliphatic heterocycles. The van der Waals surface area contributed by atoms with Crippen molar-refractivity contribution >= 4 is 5.97 Å². The molecule has 0 amide bonds. The Balaban J connectivity index is -0.000000301. The van der Waals surface area contributed by atoms with Crippen molar-refractivity contribution in [3.05, 3.63) is 12.2 Å². The third-order valence-corrected chi connectivity index (χ3v) is 3.65. The average Bonchev–Trinajstić information content (AvgIpc) is 2.43. The average molecular weight is 347 g/mol. The van der Waals surface area contributed by atoms with Crippen LogP contribution in [0.4, 0.5) is 0 Å².